The van der Waals surface area contributed by atoms with E-state index in [9.17, 15) is 0 Å². The number of hydrogen-bond acceptors (Lipinski definition) is 5. The Morgan fingerprint density at radius 3 is 1.42 bits per heavy atom. The third kappa shape index (κ3) is 9.44. The van der Waals surface area contributed by atoms with Gasteiger partial charge in [-0.15, -0.1) is 0 Å². The summed E-state index contributed by atoms with van der Waals surface area (Å²) in [7, 11) is 0. The Labute approximate surface area is 480 Å². The lowest BCUT2D eigenvalue weighted by molar-refractivity contribution is 0.172. The summed E-state index contributed by atoms with van der Waals surface area (Å²) in [6.07, 6.45) is 0. The molecule has 5 nitrogen and oxygen atoms in total. The molecule has 0 aromatic heterocycles. The molecule has 3 aliphatic heterocycles. The largest absolute Gasteiger partial charge is 0.486 e. The molecule has 400 valence electrons. The van der Waals surface area contributed by atoms with Gasteiger partial charge in [0.2, 0.25) is 0 Å². The Bertz CT molecular complexity index is 3890. The molecule has 3 aliphatic rings. The van der Waals surface area contributed by atoms with Crippen molar-refractivity contribution in [2.45, 2.75) is 85.5 Å². The quantitative estimate of drug-likeness (QED) is 0.141. The normalized spacial score (nSPS) is 13.6. The first-order valence-corrected chi connectivity index (χ1v) is 28.8. The summed E-state index contributed by atoms with van der Waals surface area (Å²) in [5.41, 5.74) is 25.5. The van der Waals surface area contributed by atoms with Crippen LogP contribution >= 0.6 is 0 Å². The minimum Gasteiger partial charge on any atom is -0.486 e. The number of para-hydroxylation sites is 2. The lowest BCUT2D eigenvalue weighted by Crippen LogP contribution is -2.61. The number of anilines is 9. The molecule has 0 amide bonds. The van der Waals surface area contributed by atoms with Crippen LogP contribution in [0.2, 0.25) is 0 Å². The lowest BCUT2D eigenvalue weighted by Gasteiger charge is -2.45. The zero-order valence-electron chi connectivity index (χ0n) is 48.4. The highest BCUT2D eigenvalue weighted by Gasteiger charge is 2.45. The summed E-state index contributed by atoms with van der Waals surface area (Å²) in [5.74, 6) is 1.52. The topological polar surface area (TPSA) is 28.2 Å². The molecule has 0 radical (unpaired) electrons. The number of nitrogens with zero attached hydrogens (tertiary/aromatic N) is 3. The molecule has 0 atom stereocenters. The van der Waals surface area contributed by atoms with Crippen LogP contribution in [-0.2, 0) is 16.2 Å². The van der Waals surface area contributed by atoms with E-state index in [1.807, 2.05) is 0 Å². The van der Waals surface area contributed by atoms with Crippen LogP contribution in [0.1, 0.15) is 84.6 Å². The second kappa shape index (κ2) is 19.8. The van der Waals surface area contributed by atoms with Crippen LogP contribution in [0.5, 0.6) is 11.5 Å². The fourth-order valence-corrected chi connectivity index (χ4v) is 12.4. The molecule has 0 saturated heterocycles. The zero-order chi connectivity index (χ0) is 56.0. The van der Waals surface area contributed by atoms with Crippen LogP contribution in [0, 0.1) is 6.92 Å². The molecule has 0 unspecified atom stereocenters. The van der Waals surface area contributed by atoms with Gasteiger partial charge in [0.1, 0.15) is 13.2 Å². The van der Waals surface area contributed by atoms with Crippen LogP contribution < -0.4 is 40.6 Å². The predicted molar refractivity (Wildman–Crippen MR) is 343 cm³/mol. The van der Waals surface area contributed by atoms with Crippen LogP contribution in [-0.4, -0.2) is 19.9 Å². The van der Waals surface area contributed by atoms with Gasteiger partial charge < -0.3 is 24.2 Å². The number of benzene rings is 10. The van der Waals surface area contributed by atoms with Crippen LogP contribution in [0.4, 0.5) is 51.2 Å². The van der Waals surface area contributed by atoms with E-state index in [0.717, 1.165) is 90.5 Å². The van der Waals surface area contributed by atoms with Gasteiger partial charge in [0.15, 0.2) is 11.5 Å². The predicted octanol–water partition coefficient (Wildman–Crippen LogP) is 18.2. The van der Waals surface area contributed by atoms with Crippen molar-refractivity contribution in [1.29, 1.82) is 0 Å². The van der Waals surface area contributed by atoms with E-state index in [0.29, 0.717) is 13.2 Å². The summed E-state index contributed by atoms with van der Waals surface area (Å²) in [5, 5.41) is 0. The van der Waals surface area contributed by atoms with Gasteiger partial charge in [0.05, 0.1) is 5.69 Å². The summed E-state index contributed by atoms with van der Waals surface area (Å²) in [4.78, 5) is 7.52. The Kier molecular flexibility index (Phi) is 12.6. The van der Waals surface area contributed by atoms with E-state index in [1.54, 1.807) is 0 Å². The maximum absolute atomic E-state index is 6.48. The highest BCUT2D eigenvalue weighted by atomic mass is 16.6. The first kappa shape index (κ1) is 51.7. The first-order valence-electron chi connectivity index (χ1n) is 28.8. The van der Waals surface area contributed by atoms with Gasteiger partial charge in [-0.2, -0.15) is 0 Å². The minimum atomic E-state index is -0.124. The van der Waals surface area contributed by atoms with Gasteiger partial charge in [-0.05, 0) is 168 Å². The zero-order valence-corrected chi connectivity index (χ0v) is 48.4. The van der Waals surface area contributed by atoms with Crippen LogP contribution in [0.3, 0.4) is 0 Å². The third-order valence-corrected chi connectivity index (χ3v) is 16.7. The minimum absolute atomic E-state index is 0.0195. The van der Waals surface area contributed by atoms with Crippen molar-refractivity contribution in [2.24, 2.45) is 0 Å². The van der Waals surface area contributed by atoms with Gasteiger partial charge in [0, 0.05) is 57.1 Å². The van der Waals surface area contributed by atoms with Gasteiger partial charge in [-0.1, -0.05) is 196 Å². The maximum atomic E-state index is 6.48. The highest BCUT2D eigenvalue weighted by molar-refractivity contribution is 7.00. The maximum Gasteiger partial charge on any atom is 0.252 e. The van der Waals surface area contributed by atoms with E-state index >= 15 is 0 Å². The molecule has 10 aromatic carbocycles. The molecule has 0 aliphatic carbocycles. The molecular formula is C75H70BN3O2. The van der Waals surface area contributed by atoms with Crippen molar-refractivity contribution in [3.63, 3.8) is 0 Å². The summed E-state index contributed by atoms with van der Waals surface area (Å²) >= 11 is 0. The molecule has 3 heterocycles. The fourth-order valence-electron chi connectivity index (χ4n) is 12.4. The number of ether oxygens (including phenoxy) is 2. The van der Waals surface area contributed by atoms with E-state index < -0.39 is 0 Å². The van der Waals surface area contributed by atoms with E-state index in [2.05, 4.69) is 302 Å². The molecule has 0 bridgehead atoms. The SMILES string of the molecule is Cc1cc2c3c(c1)N(c1cc4c(cc1-c1ccccc1)OCCO4)c1ccc(C(C)(C)C)cc1B3c1ccc(N(c3ccccc3)c3ccccc3)cc1N2c1cc(-c2ccc(C(C)(C)C)cc2)cc(-c2ccc(C(C)(C)C)cc2)c1. The number of rotatable bonds is 8. The van der Waals surface area contributed by atoms with E-state index in [4.69, 9.17) is 9.47 Å². The molecule has 0 spiro atoms. The van der Waals surface area contributed by atoms with Crippen molar-refractivity contribution in [2.75, 3.05) is 27.9 Å². The van der Waals surface area contributed by atoms with Crippen molar-refractivity contribution < 1.29 is 9.47 Å². The summed E-state index contributed by atoms with van der Waals surface area (Å²) in [6, 6.07) is 81.8. The van der Waals surface area contributed by atoms with Gasteiger partial charge in [0.25, 0.3) is 6.71 Å². The van der Waals surface area contributed by atoms with E-state index in [1.165, 1.54) is 44.2 Å². The third-order valence-electron chi connectivity index (χ3n) is 16.7. The van der Waals surface area contributed by atoms with Crippen molar-refractivity contribution >= 4 is 74.3 Å². The average molecular weight is 1060 g/mol. The summed E-state index contributed by atoms with van der Waals surface area (Å²) in [6.45, 7) is 23.9. The Morgan fingerprint density at radius 2 is 0.877 bits per heavy atom. The van der Waals surface area contributed by atoms with Crippen molar-refractivity contribution in [1.82, 2.24) is 0 Å². The van der Waals surface area contributed by atoms with Crippen LogP contribution in [0.25, 0.3) is 33.4 Å². The van der Waals surface area contributed by atoms with Crippen molar-refractivity contribution in [3.05, 3.63) is 241 Å². The molecule has 13 rings (SSSR count). The molecular weight excluding hydrogens is 986 g/mol. The summed E-state index contributed by atoms with van der Waals surface area (Å²) < 4.78 is 12.8. The number of aryl methyl sites for hydroxylation is 1. The molecule has 0 fully saturated rings. The Balaban J connectivity index is 1.13. The highest BCUT2D eigenvalue weighted by Crippen LogP contribution is 2.52. The average Bonchev–Trinajstić information content (AvgIpc) is 3.57. The number of hydrogen-bond donors (Lipinski definition) is 0. The van der Waals surface area contributed by atoms with Crippen molar-refractivity contribution in [3.8, 4) is 44.9 Å². The first-order chi connectivity index (χ1) is 39.0. The molecule has 81 heavy (non-hydrogen) atoms. The van der Waals surface area contributed by atoms with Gasteiger partial charge >= 0.3 is 0 Å². The lowest BCUT2D eigenvalue weighted by atomic mass is 9.33. The van der Waals surface area contributed by atoms with E-state index in [-0.39, 0.29) is 23.0 Å². The fraction of sp³-hybridized carbons (Fsp3) is 0.200. The smallest absolute Gasteiger partial charge is 0.252 e. The van der Waals surface area contributed by atoms with Gasteiger partial charge in [-0.3, -0.25) is 0 Å². The molecule has 10 aromatic rings. The Hall–Kier alpha value is -8.74. The second-order valence-electron chi connectivity index (χ2n) is 25.4. The number of fused-ring (bicyclic) bond motifs is 5. The molecule has 0 N–H and O–H groups in total. The standard InChI is InChI=1S/C75H70BN3O2/c1-49-40-68-72-69(41-49)79(66-48-71-70(80-38-39-81-71)47-62(66)52-20-14-11-15-21-52)65-37-34-57(75(8,9)10)45-64(65)76(72)63-36-35-60(77(58-22-16-12-17-23-58)59-24-18-13-19-25-59)46-67(63)78(68)61-43-53(50-26-30-55(31-27-50)73(2,3)4)42-54(44-61)51-28-32-56(33-29-51)74(5,6)7/h11-37,40-48H,38-39H2,1-10H3. The Morgan fingerprint density at radius 1 is 0.370 bits per heavy atom. The molecule has 0 saturated carbocycles. The van der Waals surface area contributed by atoms with Gasteiger partial charge in [-0.25, -0.2) is 0 Å². The molecule has 6 heteroatoms. The van der Waals surface area contributed by atoms with Crippen LogP contribution in [0.15, 0.2) is 218 Å². The second-order valence-corrected chi connectivity index (χ2v) is 25.4. The monoisotopic (exact) mass is 1060 g/mol.